The lowest BCUT2D eigenvalue weighted by molar-refractivity contribution is -0.138. The van der Waals surface area contributed by atoms with E-state index < -0.39 is 23.8 Å². The number of carboxylic acids is 1. The van der Waals surface area contributed by atoms with Crippen LogP contribution in [0.1, 0.15) is 56.9 Å². The number of likely N-dealkylation sites (N-methyl/N-ethyl adjacent to an activating group) is 1. The van der Waals surface area contributed by atoms with Crippen LogP contribution in [-0.4, -0.2) is 55.2 Å². The third-order valence-electron chi connectivity index (χ3n) is 4.62. The van der Waals surface area contributed by atoms with Gasteiger partial charge in [-0.05, 0) is 51.2 Å². The summed E-state index contributed by atoms with van der Waals surface area (Å²) in [5, 5.41) is 11.7. The SMILES string of the molecule is CN(C)CC(CC(=O)O)NC(=O)CCCCCCCCOc1ccc(C(F)(F)F)cc1. The number of hydrogen-bond acceptors (Lipinski definition) is 4. The van der Waals surface area contributed by atoms with Crippen molar-refractivity contribution in [3.05, 3.63) is 29.8 Å². The van der Waals surface area contributed by atoms with Gasteiger partial charge < -0.3 is 20.1 Å². The van der Waals surface area contributed by atoms with Gasteiger partial charge in [0.1, 0.15) is 5.75 Å². The third kappa shape index (κ3) is 12.9. The molecule has 1 unspecified atom stereocenters. The molecule has 1 amide bonds. The lowest BCUT2D eigenvalue weighted by Crippen LogP contribution is -2.42. The number of rotatable bonds is 15. The first-order chi connectivity index (χ1) is 14.6. The molecule has 0 aliphatic heterocycles. The summed E-state index contributed by atoms with van der Waals surface area (Å²) >= 11 is 0. The number of carbonyl (C=O) groups excluding carboxylic acids is 1. The van der Waals surface area contributed by atoms with E-state index in [1.165, 1.54) is 12.1 Å². The van der Waals surface area contributed by atoms with Crippen molar-refractivity contribution in [3.8, 4) is 5.75 Å². The minimum absolute atomic E-state index is 0.0987. The smallest absolute Gasteiger partial charge is 0.416 e. The fourth-order valence-electron chi connectivity index (χ4n) is 3.14. The number of unbranched alkanes of at least 4 members (excludes halogenated alkanes) is 5. The third-order valence-corrected chi connectivity index (χ3v) is 4.62. The highest BCUT2D eigenvalue weighted by Gasteiger charge is 2.30. The zero-order valence-electron chi connectivity index (χ0n) is 18.2. The van der Waals surface area contributed by atoms with Gasteiger partial charge in [0, 0.05) is 13.0 Å². The van der Waals surface area contributed by atoms with Crippen molar-refractivity contribution in [1.82, 2.24) is 10.2 Å². The normalized spacial score (nSPS) is 12.6. The molecule has 0 saturated heterocycles. The number of nitrogens with one attached hydrogen (secondary N) is 1. The monoisotopic (exact) mass is 446 g/mol. The highest BCUT2D eigenvalue weighted by atomic mass is 19.4. The van der Waals surface area contributed by atoms with E-state index in [9.17, 15) is 22.8 Å². The average molecular weight is 447 g/mol. The number of hydrogen-bond donors (Lipinski definition) is 2. The van der Waals surface area contributed by atoms with Gasteiger partial charge in [-0.3, -0.25) is 9.59 Å². The molecule has 0 saturated carbocycles. The zero-order chi connectivity index (χ0) is 23.3. The molecule has 0 aromatic heterocycles. The van der Waals surface area contributed by atoms with Crippen LogP contribution in [0.15, 0.2) is 24.3 Å². The van der Waals surface area contributed by atoms with Gasteiger partial charge in [0.25, 0.3) is 0 Å². The Bertz CT molecular complexity index is 664. The van der Waals surface area contributed by atoms with E-state index >= 15 is 0 Å². The van der Waals surface area contributed by atoms with Gasteiger partial charge in [-0.2, -0.15) is 13.2 Å². The number of benzene rings is 1. The van der Waals surface area contributed by atoms with Crippen molar-refractivity contribution in [2.45, 2.75) is 63.6 Å². The Balaban J connectivity index is 2.08. The summed E-state index contributed by atoms with van der Waals surface area (Å²) in [7, 11) is 3.66. The minimum Gasteiger partial charge on any atom is -0.494 e. The molecule has 0 aliphatic rings. The summed E-state index contributed by atoms with van der Waals surface area (Å²) in [6, 6.07) is 4.27. The fraction of sp³-hybridized carbons (Fsp3) is 0.636. The first-order valence-electron chi connectivity index (χ1n) is 10.5. The Kier molecular flexibility index (Phi) is 12.0. The van der Waals surface area contributed by atoms with Crippen LogP contribution in [0, 0.1) is 0 Å². The van der Waals surface area contributed by atoms with Crippen molar-refractivity contribution in [3.63, 3.8) is 0 Å². The molecule has 6 nitrogen and oxygen atoms in total. The second-order valence-corrected chi connectivity index (χ2v) is 7.87. The lowest BCUT2D eigenvalue weighted by atomic mass is 10.1. The van der Waals surface area contributed by atoms with Gasteiger partial charge in [-0.25, -0.2) is 0 Å². The Morgan fingerprint density at radius 1 is 1.03 bits per heavy atom. The average Bonchev–Trinajstić information content (AvgIpc) is 2.65. The number of halogens is 3. The van der Waals surface area contributed by atoms with Crippen LogP contribution in [-0.2, 0) is 15.8 Å². The van der Waals surface area contributed by atoms with Crippen LogP contribution in [0.2, 0.25) is 0 Å². The second kappa shape index (κ2) is 13.9. The number of ether oxygens (including phenoxy) is 1. The largest absolute Gasteiger partial charge is 0.494 e. The fourth-order valence-corrected chi connectivity index (χ4v) is 3.14. The molecular weight excluding hydrogens is 413 g/mol. The Morgan fingerprint density at radius 2 is 1.61 bits per heavy atom. The van der Waals surface area contributed by atoms with Crippen LogP contribution in [0.3, 0.4) is 0 Å². The van der Waals surface area contributed by atoms with Gasteiger partial charge in [-0.15, -0.1) is 0 Å². The van der Waals surface area contributed by atoms with E-state index in [0.29, 0.717) is 25.3 Å². The molecule has 0 bridgehead atoms. The molecule has 0 heterocycles. The van der Waals surface area contributed by atoms with Gasteiger partial charge >= 0.3 is 12.1 Å². The molecule has 0 spiro atoms. The van der Waals surface area contributed by atoms with Crippen molar-refractivity contribution < 1.29 is 32.6 Å². The number of amides is 1. The number of nitrogens with zero attached hydrogens (tertiary/aromatic N) is 1. The maximum absolute atomic E-state index is 12.5. The number of carbonyl (C=O) groups is 2. The van der Waals surface area contributed by atoms with E-state index in [-0.39, 0.29) is 12.3 Å². The second-order valence-electron chi connectivity index (χ2n) is 7.87. The standard InChI is InChI=1S/C22H33F3N2O4/c1-27(2)16-18(15-21(29)30)26-20(28)9-7-5-3-4-6-8-14-31-19-12-10-17(11-13-19)22(23,24)25/h10-13,18H,3-9,14-16H2,1-2H3,(H,26,28)(H,29,30). The van der Waals surface area contributed by atoms with Crippen LogP contribution < -0.4 is 10.1 Å². The van der Waals surface area contributed by atoms with Crippen LogP contribution in [0.25, 0.3) is 0 Å². The highest BCUT2D eigenvalue weighted by molar-refractivity contribution is 5.77. The maximum Gasteiger partial charge on any atom is 0.416 e. The lowest BCUT2D eigenvalue weighted by Gasteiger charge is -2.20. The van der Waals surface area contributed by atoms with Gasteiger partial charge in [-0.1, -0.05) is 25.7 Å². The molecule has 1 aromatic rings. The number of alkyl halides is 3. The highest BCUT2D eigenvalue weighted by Crippen LogP contribution is 2.30. The molecule has 9 heteroatoms. The summed E-state index contributed by atoms with van der Waals surface area (Å²) < 4.78 is 43.0. The van der Waals surface area contributed by atoms with Crippen molar-refractivity contribution in [2.24, 2.45) is 0 Å². The van der Waals surface area contributed by atoms with Gasteiger partial charge in [0.2, 0.25) is 5.91 Å². The summed E-state index contributed by atoms with van der Waals surface area (Å²) in [5.74, 6) is -0.637. The molecule has 1 aromatic carbocycles. The predicted molar refractivity (Wildman–Crippen MR) is 112 cm³/mol. The van der Waals surface area contributed by atoms with Crippen LogP contribution in [0.5, 0.6) is 5.75 Å². The molecule has 2 N–H and O–H groups in total. The Hall–Kier alpha value is -2.29. The molecule has 176 valence electrons. The van der Waals surface area contributed by atoms with Crippen molar-refractivity contribution in [2.75, 3.05) is 27.2 Å². The van der Waals surface area contributed by atoms with Gasteiger partial charge in [0.15, 0.2) is 0 Å². The van der Waals surface area contributed by atoms with E-state index in [2.05, 4.69) is 5.32 Å². The molecule has 31 heavy (non-hydrogen) atoms. The molecule has 0 fully saturated rings. The molecule has 0 aliphatic carbocycles. The van der Waals surface area contributed by atoms with Crippen LogP contribution >= 0.6 is 0 Å². The van der Waals surface area contributed by atoms with E-state index in [0.717, 1.165) is 50.7 Å². The number of aliphatic carboxylic acids is 1. The van der Waals surface area contributed by atoms with Crippen molar-refractivity contribution in [1.29, 1.82) is 0 Å². The van der Waals surface area contributed by atoms with Crippen LogP contribution in [0.4, 0.5) is 13.2 Å². The first kappa shape index (κ1) is 26.7. The topological polar surface area (TPSA) is 78.9 Å². The molecule has 1 rings (SSSR count). The predicted octanol–water partition coefficient (Wildman–Crippen LogP) is 4.34. The maximum atomic E-state index is 12.5. The molecule has 1 atom stereocenters. The van der Waals surface area contributed by atoms with Crippen molar-refractivity contribution >= 4 is 11.9 Å². The minimum atomic E-state index is -4.34. The quantitative estimate of drug-likeness (QED) is 0.392. The molecule has 0 radical (unpaired) electrons. The Morgan fingerprint density at radius 3 is 2.16 bits per heavy atom. The summed E-state index contributed by atoms with van der Waals surface area (Å²) in [6.45, 7) is 0.928. The summed E-state index contributed by atoms with van der Waals surface area (Å²) in [5.41, 5.74) is -0.691. The number of carboxylic acid groups (broad SMARTS) is 1. The summed E-state index contributed by atoms with van der Waals surface area (Å²) in [4.78, 5) is 24.7. The summed E-state index contributed by atoms with van der Waals surface area (Å²) in [6.07, 6.45) is 1.30. The molecular formula is C22H33F3N2O4. The van der Waals surface area contributed by atoms with E-state index in [1.807, 2.05) is 19.0 Å². The zero-order valence-corrected chi connectivity index (χ0v) is 18.2. The Labute approximate surface area is 181 Å². The van der Waals surface area contributed by atoms with Gasteiger partial charge in [0.05, 0.1) is 24.6 Å². The van der Waals surface area contributed by atoms with E-state index in [4.69, 9.17) is 9.84 Å². The van der Waals surface area contributed by atoms with E-state index in [1.54, 1.807) is 0 Å². The first-order valence-corrected chi connectivity index (χ1v) is 10.5.